The van der Waals surface area contributed by atoms with Gasteiger partial charge in [0.2, 0.25) is 0 Å². The van der Waals surface area contributed by atoms with Gasteiger partial charge in [-0.15, -0.1) is 10.2 Å². The van der Waals surface area contributed by atoms with Gasteiger partial charge >= 0.3 is 0 Å². The number of thioether (sulfide) groups is 1. The van der Waals surface area contributed by atoms with Crippen LogP contribution in [0, 0.1) is 13.8 Å². The van der Waals surface area contributed by atoms with Crippen molar-refractivity contribution < 1.29 is 4.79 Å². The molecule has 0 atom stereocenters. The number of ketones is 1. The fourth-order valence-corrected chi connectivity index (χ4v) is 3.77. The first-order valence-electron chi connectivity index (χ1n) is 8.83. The molecule has 0 saturated carbocycles. The number of aryl methyl sites for hydroxylation is 3. The molecule has 0 aliphatic carbocycles. The van der Waals surface area contributed by atoms with Crippen LogP contribution in [0.1, 0.15) is 40.7 Å². The van der Waals surface area contributed by atoms with Gasteiger partial charge in [-0.2, -0.15) is 0 Å². The third-order valence-corrected chi connectivity index (χ3v) is 5.23. The largest absolute Gasteiger partial charge is 0.293 e. The Balaban J connectivity index is 1.74. The minimum Gasteiger partial charge on any atom is -0.293 e. The van der Waals surface area contributed by atoms with E-state index in [4.69, 9.17) is 0 Å². The lowest BCUT2D eigenvalue weighted by atomic mass is 10.1. The van der Waals surface area contributed by atoms with Crippen molar-refractivity contribution in [3.05, 3.63) is 71.0 Å². The minimum atomic E-state index is 0.107. The number of hydrogen-bond acceptors (Lipinski definition) is 4. The number of benzene rings is 2. The molecule has 1 heterocycles. The van der Waals surface area contributed by atoms with Gasteiger partial charge in [-0.25, -0.2) is 0 Å². The summed E-state index contributed by atoms with van der Waals surface area (Å²) in [5.74, 6) is 1.27. The van der Waals surface area contributed by atoms with E-state index in [0.29, 0.717) is 5.75 Å². The third-order valence-electron chi connectivity index (χ3n) is 4.30. The second-order valence-corrected chi connectivity index (χ2v) is 7.25. The number of hydrogen-bond donors (Lipinski definition) is 0. The third kappa shape index (κ3) is 4.05. The lowest BCUT2D eigenvalue weighted by Gasteiger charge is -2.11. The molecule has 2 aromatic carbocycles. The highest BCUT2D eigenvalue weighted by Gasteiger charge is 2.15. The maximum Gasteiger partial charge on any atom is 0.196 e. The maximum absolute atomic E-state index is 12.5. The molecule has 0 aliphatic heterocycles. The maximum atomic E-state index is 12.5. The summed E-state index contributed by atoms with van der Waals surface area (Å²) in [5, 5.41) is 9.20. The first-order chi connectivity index (χ1) is 12.6. The quantitative estimate of drug-likeness (QED) is 0.445. The number of para-hydroxylation sites is 1. The first-order valence-corrected chi connectivity index (χ1v) is 9.81. The smallest absolute Gasteiger partial charge is 0.196 e. The van der Waals surface area contributed by atoms with Crippen LogP contribution >= 0.6 is 11.8 Å². The fourth-order valence-electron chi connectivity index (χ4n) is 2.89. The molecule has 0 radical (unpaired) electrons. The summed E-state index contributed by atoms with van der Waals surface area (Å²) < 4.78 is 2.01. The summed E-state index contributed by atoms with van der Waals surface area (Å²) in [6.45, 7) is 6.15. The zero-order chi connectivity index (χ0) is 18.5. The van der Waals surface area contributed by atoms with Crippen LogP contribution in [-0.2, 0) is 6.42 Å². The minimum absolute atomic E-state index is 0.107. The van der Waals surface area contributed by atoms with E-state index in [0.717, 1.165) is 40.6 Å². The highest BCUT2D eigenvalue weighted by molar-refractivity contribution is 7.99. The lowest BCUT2D eigenvalue weighted by molar-refractivity contribution is 0.102. The van der Waals surface area contributed by atoms with Gasteiger partial charge in [0.15, 0.2) is 10.9 Å². The van der Waals surface area contributed by atoms with E-state index in [2.05, 4.69) is 30.1 Å². The van der Waals surface area contributed by atoms with Gasteiger partial charge in [0, 0.05) is 5.56 Å². The van der Waals surface area contributed by atoms with Crippen molar-refractivity contribution in [3.63, 3.8) is 0 Å². The Hall–Kier alpha value is -2.40. The molecule has 4 nitrogen and oxygen atoms in total. The molecule has 3 rings (SSSR count). The van der Waals surface area contributed by atoms with Gasteiger partial charge in [-0.1, -0.05) is 67.6 Å². The highest BCUT2D eigenvalue weighted by Crippen LogP contribution is 2.24. The van der Waals surface area contributed by atoms with E-state index in [9.17, 15) is 4.79 Å². The molecular weight excluding hydrogens is 342 g/mol. The molecule has 0 N–H and O–H groups in total. The van der Waals surface area contributed by atoms with E-state index < -0.39 is 0 Å². The van der Waals surface area contributed by atoms with Gasteiger partial charge in [0.25, 0.3) is 0 Å². The van der Waals surface area contributed by atoms with Crippen LogP contribution in [0.4, 0.5) is 0 Å². The van der Waals surface area contributed by atoms with Crippen molar-refractivity contribution in [1.29, 1.82) is 0 Å². The molecule has 0 bridgehead atoms. The topological polar surface area (TPSA) is 47.8 Å². The van der Waals surface area contributed by atoms with Gasteiger partial charge in [-0.05, 0) is 37.5 Å². The van der Waals surface area contributed by atoms with E-state index in [1.54, 1.807) is 0 Å². The molecule has 0 unspecified atom stereocenters. The van der Waals surface area contributed by atoms with Crippen LogP contribution in [0.25, 0.3) is 5.69 Å². The predicted molar refractivity (Wildman–Crippen MR) is 106 cm³/mol. The van der Waals surface area contributed by atoms with E-state index in [1.807, 2.05) is 54.0 Å². The molecule has 0 fully saturated rings. The van der Waals surface area contributed by atoms with Crippen molar-refractivity contribution in [1.82, 2.24) is 14.8 Å². The molecule has 3 aromatic rings. The van der Waals surface area contributed by atoms with Gasteiger partial charge in [-0.3, -0.25) is 9.36 Å². The molecule has 0 aliphatic rings. The standard InChI is InChI=1S/C21H23N3OS/c1-4-7-17-10-12-18(13-11-17)20(25)14-26-21-23-22-16(3)24(21)19-9-6-5-8-15(19)2/h5-6,8-13H,4,7,14H2,1-3H3. The Kier molecular flexibility index (Phi) is 5.89. The van der Waals surface area contributed by atoms with Crippen LogP contribution in [-0.4, -0.2) is 26.3 Å². The van der Waals surface area contributed by atoms with E-state index in [1.165, 1.54) is 17.3 Å². The Labute approximate surface area is 158 Å². The molecular formula is C21H23N3OS. The van der Waals surface area contributed by atoms with Crippen LogP contribution in [0.3, 0.4) is 0 Å². The second kappa shape index (κ2) is 8.32. The average Bonchev–Trinajstić information content (AvgIpc) is 3.01. The molecule has 0 saturated heterocycles. The van der Waals surface area contributed by atoms with Crippen molar-refractivity contribution in [2.75, 3.05) is 5.75 Å². The van der Waals surface area contributed by atoms with E-state index >= 15 is 0 Å². The van der Waals surface area contributed by atoms with Crippen LogP contribution in [0.5, 0.6) is 0 Å². The number of carbonyl (C=O) groups is 1. The zero-order valence-corrected chi connectivity index (χ0v) is 16.2. The molecule has 26 heavy (non-hydrogen) atoms. The Morgan fingerprint density at radius 2 is 1.77 bits per heavy atom. The monoisotopic (exact) mass is 365 g/mol. The molecule has 1 aromatic heterocycles. The SMILES string of the molecule is CCCc1ccc(C(=O)CSc2nnc(C)n2-c2ccccc2C)cc1. The number of Topliss-reactive ketones (excluding diaryl/α,β-unsaturated/α-hetero) is 1. The van der Waals surface area contributed by atoms with Gasteiger partial charge < -0.3 is 0 Å². The molecule has 5 heteroatoms. The molecule has 134 valence electrons. The van der Waals surface area contributed by atoms with Crippen LogP contribution in [0.2, 0.25) is 0 Å². The first kappa shape index (κ1) is 18.4. The van der Waals surface area contributed by atoms with Gasteiger partial charge in [0.05, 0.1) is 11.4 Å². The number of carbonyl (C=O) groups excluding carboxylic acids is 1. The van der Waals surface area contributed by atoms with E-state index in [-0.39, 0.29) is 5.78 Å². The van der Waals surface area contributed by atoms with Crippen molar-refractivity contribution in [3.8, 4) is 5.69 Å². The Morgan fingerprint density at radius 3 is 2.46 bits per heavy atom. The molecule has 0 spiro atoms. The van der Waals surface area contributed by atoms with Crippen molar-refractivity contribution >= 4 is 17.5 Å². The summed E-state index contributed by atoms with van der Waals surface area (Å²) in [6.07, 6.45) is 2.15. The predicted octanol–water partition coefficient (Wildman–Crippen LogP) is 4.81. The van der Waals surface area contributed by atoms with Gasteiger partial charge in [0.1, 0.15) is 5.82 Å². The summed E-state index contributed by atoms with van der Waals surface area (Å²) >= 11 is 1.43. The number of nitrogens with zero attached hydrogens (tertiary/aromatic N) is 3. The fraction of sp³-hybridized carbons (Fsp3) is 0.286. The summed E-state index contributed by atoms with van der Waals surface area (Å²) in [4.78, 5) is 12.5. The summed E-state index contributed by atoms with van der Waals surface area (Å²) in [6, 6.07) is 16.0. The summed E-state index contributed by atoms with van der Waals surface area (Å²) in [5.41, 5.74) is 4.21. The highest BCUT2D eigenvalue weighted by atomic mass is 32.2. The van der Waals surface area contributed by atoms with Crippen LogP contribution in [0.15, 0.2) is 53.7 Å². The number of rotatable bonds is 7. The summed E-state index contributed by atoms with van der Waals surface area (Å²) in [7, 11) is 0. The van der Waals surface area contributed by atoms with Crippen molar-refractivity contribution in [2.24, 2.45) is 0 Å². The second-order valence-electron chi connectivity index (χ2n) is 6.31. The Bertz CT molecular complexity index is 900. The average molecular weight is 366 g/mol. The number of aromatic nitrogens is 3. The van der Waals surface area contributed by atoms with Crippen LogP contribution < -0.4 is 0 Å². The Morgan fingerprint density at radius 1 is 1.04 bits per heavy atom. The van der Waals surface area contributed by atoms with Crippen molar-refractivity contribution in [2.45, 2.75) is 38.8 Å². The lowest BCUT2D eigenvalue weighted by Crippen LogP contribution is -2.06. The molecule has 0 amide bonds. The zero-order valence-electron chi connectivity index (χ0n) is 15.4. The normalized spacial score (nSPS) is 10.9.